The molecule has 0 unspecified atom stereocenters. The fourth-order valence-corrected chi connectivity index (χ4v) is 2.88. The number of alkyl halides is 5. The molecular formula is C16H17F5O3. The smallest absolute Gasteiger partial charge is 0.454 e. The van der Waals surface area contributed by atoms with Gasteiger partial charge in [-0.25, -0.2) is 0 Å². The van der Waals surface area contributed by atoms with E-state index in [4.69, 9.17) is 4.74 Å². The van der Waals surface area contributed by atoms with Crippen LogP contribution in [0, 0.1) is 0 Å². The van der Waals surface area contributed by atoms with E-state index in [9.17, 15) is 26.7 Å². The maximum absolute atomic E-state index is 12.9. The number of esters is 1. The molecule has 0 bridgehead atoms. The number of hydrogen-bond donors (Lipinski definition) is 0. The Kier molecular flexibility index (Phi) is 5.05. The Morgan fingerprint density at radius 3 is 2.00 bits per heavy atom. The van der Waals surface area contributed by atoms with Crippen molar-refractivity contribution in [2.75, 3.05) is 0 Å². The highest BCUT2D eigenvalue weighted by Gasteiger charge is 2.61. The lowest BCUT2D eigenvalue weighted by molar-refractivity contribution is -0.360. The number of carbonyl (C=O) groups is 1. The molecule has 0 aliphatic heterocycles. The minimum Gasteiger partial charge on any atom is -0.454 e. The van der Waals surface area contributed by atoms with Crippen molar-refractivity contribution in [1.82, 2.24) is 0 Å². The largest absolute Gasteiger partial charge is 0.499 e. The van der Waals surface area contributed by atoms with E-state index in [0.29, 0.717) is 18.4 Å². The molecule has 2 rings (SSSR count). The Bertz CT molecular complexity index is 574. The van der Waals surface area contributed by atoms with Gasteiger partial charge in [0.25, 0.3) is 0 Å². The third-order valence-electron chi connectivity index (χ3n) is 3.96. The van der Waals surface area contributed by atoms with Crippen molar-refractivity contribution >= 4 is 5.97 Å². The predicted octanol–water partition coefficient (Wildman–Crippen LogP) is 4.94. The third-order valence-corrected chi connectivity index (χ3v) is 3.96. The van der Waals surface area contributed by atoms with Crippen LogP contribution in [0.1, 0.15) is 44.6 Å². The Morgan fingerprint density at radius 2 is 1.54 bits per heavy atom. The second-order valence-corrected chi connectivity index (χ2v) is 5.79. The van der Waals surface area contributed by atoms with Gasteiger partial charge in [-0.2, -0.15) is 22.0 Å². The number of benzene rings is 1. The van der Waals surface area contributed by atoms with E-state index < -0.39 is 29.6 Å². The summed E-state index contributed by atoms with van der Waals surface area (Å²) in [6.07, 6.45) is -7.27. The maximum Gasteiger partial charge on any atom is 0.499 e. The number of carbonyl (C=O) groups excluding carboxylic acids is 1. The van der Waals surface area contributed by atoms with Crippen molar-refractivity contribution in [2.24, 2.45) is 0 Å². The lowest BCUT2D eigenvalue weighted by Crippen LogP contribution is -2.41. The van der Waals surface area contributed by atoms with Crippen LogP contribution in [-0.2, 0) is 15.1 Å². The van der Waals surface area contributed by atoms with Crippen LogP contribution in [0.4, 0.5) is 22.0 Å². The SMILES string of the molecule is CC(=O)OC1(c2ccc(OC(F)(F)C(F)(F)F)cc2)CCCCC1. The monoisotopic (exact) mass is 352 g/mol. The molecule has 0 heterocycles. The maximum atomic E-state index is 12.9. The lowest BCUT2D eigenvalue weighted by Gasteiger charge is -2.37. The van der Waals surface area contributed by atoms with E-state index in [1.54, 1.807) is 0 Å². The summed E-state index contributed by atoms with van der Waals surface area (Å²) in [6, 6.07) is 4.76. The Hall–Kier alpha value is -1.86. The highest BCUT2D eigenvalue weighted by atomic mass is 19.4. The molecule has 0 N–H and O–H groups in total. The fourth-order valence-electron chi connectivity index (χ4n) is 2.88. The minimum absolute atomic E-state index is 0.471. The first kappa shape index (κ1) is 18.5. The van der Waals surface area contributed by atoms with Crippen LogP contribution in [0.5, 0.6) is 5.75 Å². The highest BCUT2D eigenvalue weighted by molar-refractivity contribution is 5.67. The molecular weight excluding hydrogens is 335 g/mol. The summed E-state index contributed by atoms with van der Waals surface area (Å²) < 4.78 is 71.5. The van der Waals surface area contributed by atoms with Crippen LogP contribution >= 0.6 is 0 Å². The summed E-state index contributed by atoms with van der Waals surface area (Å²) in [7, 11) is 0. The van der Waals surface area contributed by atoms with Gasteiger partial charge in [-0.05, 0) is 43.4 Å². The van der Waals surface area contributed by atoms with Crippen molar-refractivity contribution in [3.8, 4) is 5.75 Å². The normalized spacial score (nSPS) is 18.1. The van der Waals surface area contributed by atoms with Crippen LogP contribution in [0.3, 0.4) is 0 Å². The van der Waals surface area contributed by atoms with E-state index in [1.165, 1.54) is 19.1 Å². The quantitative estimate of drug-likeness (QED) is 0.569. The summed E-state index contributed by atoms with van der Waals surface area (Å²) in [5.41, 5.74) is -0.310. The summed E-state index contributed by atoms with van der Waals surface area (Å²) >= 11 is 0. The van der Waals surface area contributed by atoms with Crippen molar-refractivity contribution in [2.45, 2.75) is 56.9 Å². The van der Waals surface area contributed by atoms with Crippen LogP contribution in [-0.4, -0.2) is 18.3 Å². The third kappa shape index (κ3) is 3.96. The van der Waals surface area contributed by atoms with Gasteiger partial charge in [0.05, 0.1) is 0 Å². The van der Waals surface area contributed by atoms with E-state index >= 15 is 0 Å². The average Bonchev–Trinajstić information content (AvgIpc) is 2.46. The number of halogens is 5. The zero-order valence-corrected chi connectivity index (χ0v) is 13.0. The standard InChI is InChI=1S/C16H17F5O3/c1-11(22)23-14(9-3-2-4-10-14)12-5-7-13(8-6-12)24-16(20,21)15(17,18)19/h5-8H,2-4,9-10H2,1H3. The van der Waals surface area contributed by atoms with Crippen molar-refractivity contribution in [3.63, 3.8) is 0 Å². The molecule has 0 radical (unpaired) electrons. The van der Waals surface area contributed by atoms with Gasteiger partial charge in [-0.1, -0.05) is 18.6 Å². The molecule has 0 amide bonds. The Labute approximate surface area is 135 Å². The van der Waals surface area contributed by atoms with Crippen LogP contribution in [0.15, 0.2) is 24.3 Å². The van der Waals surface area contributed by atoms with Gasteiger partial charge >= 0.3 is 18.3 Å². The Balaban J connectivity index is 2.22. The molecule has 1 aliphatic carbocycles. The first-order chi connectivity index (χ1) is 11.1. The van der Waals surface area contributed by atoms with Gasteiger partial charge in [0.1, 0.15) is 11.4 Å². The van der Waals surface area contributed by atoms with Crippen LogP contribution in [0.2, 0.25) is 0 Å². The molecule has 1 aliphatic rings. The second-order valence-electron chi connectivity index (χ2n) is 5.79. The molecule has 0 spiro atoms. The molecule has 24 heavy (non-hydrogen) atoms. The van der Waals surface area contributed by atoms with Crippen LogP contribution in [0.25, 0.3) is 0 Å². The van der Waals surface area contributed by atoms with Gasteiger partial charge < -0.3 is 9.47 Å². The van der Waals surface area contributed by atoms with Gasteiger partial charge in [0.15, 0.2) is 0 Å². The van der Waals surface area contributed by atoms with Gasteiger partial charge in [-0.15, -0.1) is 0 Å². The van der Waals surface area contributed by atoms with Crippen LogP contribution < -0.4 is 4.74 Å². The molecule has 0 atom stereocenters. The molecule has 3 nitrogen and oxygen atoms in total. The predicted molar refractivity (Wildman–Crippen MR) is 74.6 cm³/mol. The van der Waals surface area contributed by atoms with Crippen molar-refractivity contribution < 1.29 is 36.2 Å². The summed E-state index contributed by atoms with van der Waals surface area (Å²) in [4.78, 5) is 11.4. The minimum atomic E-state index is -5.80. The lowest BCUT2D eigenvalue weighted by atomic mass is 9.79. The molecule has 1 aromatic carbocycles. The molecule has 1 fully saturated rings. The molecule has 134 valence electrons. The van der Waals surface area contributed by atoms with E-state index in [-0.39, 0.29) is 0 Å². The molecule has 0 aromatic heterocycles. The summed E-state index contributed by atoms with van der Waals surface area (Å²) in [5, 5.41) is 0. The van der Waals surface area contributed by atoms with Crippen molar-refractivity contribution in [3.05, 3.63) is 29.8 Å². The topological polar surface area (TPSA) is 35.5 Å². The van der Waals surface area contributed by atoms with E-state index in [2.05, 4.69) is 4.74 Å². The average molecular weight is 352 g/mol. The zero-order valence-electron chi connectivity index (χ0n) is 13.0. The molecule has 0 saturated heterocycles. The van der Waals surface area contributed by atoms with Gasteiger partial charge in [-0.3, -0.25) is 4.79 Å². The first-order valence-electron chi connectivity index (χ1n) is 7.49. The summed E-state index contributed by atoms with van der Waals surface area (Å²) in [5.74, 6) is -1.09. The first-order valence-corrected chi connectivity index (χ1v) is 7.49. The van der Waals surface area contributed by atoms with E-state index in [0.717, 1.165) is 31.4 Å². The highest BCUT2D eigenvalue weighted by Crippen LogP contribution is 2.42. The number of ether oxygens (including phenoxy) is 2. The van der Waals surface area contributed by atoms with E-state index in [1.807, 2.05) is 0 Å². The fraction of sp³-hybridized carbons (Fsp3) is 0.562. The molecule has 1 aromatic rings. The van der Waals surface area contributed by atoms with Gasteiger partial charge in [0, 0.05) is 6.92 Å². The number of rotatable bonds is 4. The van der Waals surface area contributed by atoms with Crippen molar-refractivity contribution in [1.29, 1.82) is 0 Å². The zero-order chi connectivity index (χ0) is 18.0. The molecule has 1 saturated carbocycles. The summed E-state index contributed by atoms with van der Waals surface area (Å²) in [6.45, 7) is 1.28. The number of hydrogen-bond acceptors (Lipinski definition) is 3. The molecule has 8 heteroatoms. The second kappa shape index (κ2) is 6.57. The van der Waals surface area contributed by atoms with Gasteiger partial charge in [0.2, 0.25) is 0 Å². The Morgan fingerprint density at radius 1 is 1.00 bits per heavy atom.